The van der Waals surface area contributed by atoms with E-state index in [9.17, 15) is 71.5 Å². The van der Waals surface area contributed by atoms with Gasteiger partial charge in [0, 0.05) is 5.41 Å². The summed E-state index contributed by atoms with van der Waals surface area (Å²) in [7, 11) is 0. The van der Waals surface area contributed by atoms with E-state index in [1.165, 1.54) is 0 Å². The van der Waals surface area contributed by atoms with Gasteiger partial charge in [0.05, 0.1) is 38.6 Å². The topological polar surface area (TPSA) is 348 Å². The Balaban J connectivity index is 1.06. The molecule has 70 heavy (non-hydrogen) atoms. The molecule has 0 bridgehead atoms. The monoisotopic (exact) mass is 1010 g/mol. The minimum Gasteiger partial charge on any atom is -0.394 e. The zero-order valence-corrected chi connectivity index (χ0v) is 40.9. The van der Waals surface area contributed by atoms with Crippen LogP contribution in [0.5, 0.6) is 0 Å². The summed E-state index contributed by atoms with van der Waals surface area (Å²) in [4.78, 5) is 0. The molecule has 0 aromatic carbocycles. The molecule has 406 valence electrons. The first kappa shape index (κ1) is 55.4. The number of aliphatic hydroxyl groups is 14. The first-order valence-corrected chi connectivity index (χ1v) is 26.1. The SMILES string of the molecule is CCC[C@@H](C)[C@H]1CC[C@H]2C3C(C[C@@H]4OC(CO)[C@@H](OC5OC(CO)[C@@H](O)[C@H](O)[C@@H]5O)[C@H](O)C4O)C[C@@H]4CCCC[C@]4(C)[C@H]3C[C@H](O[C@@H]3OC(CO)[C@@H](O[C@H]4OC(CO)[C@@H](O)[C@H](O)C4O)[C@H](O)C3O)[C@]12C. The highest BCUT2D eigenvalue weighted by Gasteiger charge is 2.67. The molecule has 21 nitrogen and oxygen atoms in total. The lowest BCUT2D eigenvalue weighted by Gasteiger charge is -2.65. The van der Waals surface area contributed by atoms with Gasteiger partial charge in [0.15, 0.2) is 18.9 Å². The lowest BCUT2D eigenvalue weighted by Crippen LogP contribution is -2.66. The summed E-state index contributed by atoms with van der Waals surface area (Å²) in [6.07, 6.45) is -21.4. The van der Waals surface area contributed by atoms with Gasteiger partial charge in [0.1, 0.15) is 97.7 Å². The molecule has 4 saturated heterocycles. The van der Waals surface area contributed by atoms with Gasteiger partial charge in [-0.05, 0) is 91.8 Å². The lowest BCUT2D eigenvalue weighted by atomic mass is 9.41. The minimum atomic E-state index is -1.80. The highest BCUT2D eigenvalue weighted by molar-refractivity contribution is 5.15. The molecule has 0 amide bonds. The van der Waals surface area contributed by atoms with Crippen molar-refractivity contribution in [2.75, 3.05) is 26.4 Å². The second-order valence-corrected chi connectivity index (χ2v) is 22.8. The quantitative estimate of drug-likeness (QED) is 0.0747. The van der Waals surface area contributed by atoms with Gasteiger partial charge < -0.3 is 105 Å². The molecule has 0 radical (unpaired) electrons. The van der Waals surface area contributed by atoms with Gasteiger partial charge in [-0.2, -0.15) is 0 Å². The summed E-state index contributed by atoms with van der Waals surface area (Å²) in [5.74, 6) is 1.04. The van der Waals surface area contributed by atoms with E-state index in [2.05, 4.69) is 27.7 Å². The standard InChI is InChI=1S/C49H84O21/c1-5-8-20(2)23-10-11-24-32-21(14-26-33(54)38(59)43(29(18-52)64-26)69-46-40(61)36(57)34(55)27(16-50)65-46)13-22-9-6-7-12-48(22,3)25(32)15-31(49(23,24)4)68-45-42(63)39(60)44(30(19-53)67-45)70-47-41(62)37(58)35(56)28(17-51)66-47/h20-47,50-63H,5-19H2,1-4H3/t20-,21?,22+,23-,24+,25+,26+,27?,28?,29?,30?,31+,32?,33?,34-,35-,36+,37+,38-,39-,40+,41?,42?,43-,44-,45+,46?,47-,48+,49-/m1/s1. The summed E-state index contributed by atoms with van der Waals surface area (Å²) in [5, 5.41) is 151. The molecule has 21 heteroatoms. The first-order valence-electron chi connectivity index (χ1n) is 26.1. The predicted octanol–water partition coefficient (Wildman–Crippen LogP) is -2.63. The summed E-state index contributed by atoms with van der Waals surface area (Å²) in [6.45, 7) is 6.35. The van der Waals surface area contributed by atoms with Crippen molar-refractivity contribution in [3.63, 3.8) is 0 Å². The van der Waals surface area contributed by atoms with Crippen LogP contribution in [-0.4, -0.2) is 227 Å². The van der Waals surface area contributed by atoms with E-state index >= 15 is 0 Å². The van der Waals surface area contributed by atoms with E-state index in [0.29, 0.717) is 18.8 Å². The lowest BCUT2D eigenvalue weighted by molar-refractivity contribution is -0.370. The molecular weight excluding hydrogens is 925 g/mol. The van der Waals surface area contributed by atoms with Crippen LogP contribution >= 0.6 is 0 Å². The molecule has 4 heterocycles. The number of hydrogen-bond acceptors (Lipinski definition) is 21. The molecular formula is C49H84O21. The van der Waals surface area contributed by atoms with E-state index in [1.807, 2.05) is 0 Å². The average molecular weight is 1010 g/mol. The van der Waals surface area contributed by atoms with Crippen molar-refractivity contribution in [3.8, 4) is 0 Å². The summed E-state index contributed by atoms with van der Waals surface area (Å²) in [5.41, 5.74) is -0.607. The second-order valence-electron chi connectivity index (χ2n) is 22.8. The molecule has 4 aliphatic carbocycles. The van der Waals surface area contributed by atoms with Gasteiger partial charge in [-0.15, -0.1) is 0 Å². The number of ether oxygens (including phenoxy) is 7. The van der Waals surface area contributed by atoms with Crippen LogP contribution in [0.3, 0.4) is 0 Å². The van der Waals surface area contributed by atoms with Gasteiger partial charge in [0.2, 0.25) is 0 Å². The van der Waals surface area contributed by atoms with Crippen molar-refractivity contribution in [1.29, 1.82) is 0 Å². The smallest absolute Gasteiger partial charge is 0.187 e. The molecule has 8 aliphatic rings. The van der Waals surface area contributed by atoms with E-state index in [4.69, 9.17) is 33.2 Å². The van der Waals surface area contributed by atoms with Crippen LogP contribution in [-0.2, 0) is 33.2 Å². The van der Waals surface area contributed by atoms with E-state index in [1.54, 1.807) is 0 Å². The highest BCUT2D eigenvalue weighted by Crippen LogP contribution is 2.71. The van der Waals surface area contributed by atoms with Crippen LogP contribution in [0.25, 0.3) is 0 Å². The number of aliphatic hydroxyl groups excluding tert-OH is 14. The van der Waals surface area contributed by atoms with Crippen LogP contribution in [0, 0.1) is 52.3 Å². The van der Waals surface area contributed by atoms with Crippen molar-refractivity contribution < 1.29 is 105 Å². The maximum Gasteiger partial charge on any atom is 0.187 e. The first-order chi connectivity index (χ1) is 33.3. The fraction of sp³-hybridized carbons (Fsp3) is 1.00. The molecule has 0 aromatic rings. The van der Waals surface area contributed by atoms with Crippen molar-refractivity contribution in [2.45, 2.75) is 227 Å². The van der Waals surface area contributed by atoms with Crippen LogP contribution in [0.15, 0.2) is 0 Å². The fourth-order valence-electron chi connectivity index (χ4n) is 15.5. The number of fused-ring (bicyclic) bond motifs is 5. The van der Waals surface area contributed by atoms with Crippen LogP contribution < -0.4 is 0 Å². The summed E-state index contributed by atoms with van der Waals surface area (Å²) < 4.78 is 42.7. The average Bonchev–Trinajstić information content (AvgIpc) is 3.71. The molecule has 10 unspecified atom stereocenters. The largest absolute Gasteiger partial charge is 0.394 e. The number of rotatable bonds is 15. The third-order valence-corrected chi connectivity index (χ3v) is 19.2. The zero-order chi connectivity index (χ0) is 50.7. The third-order valence-electron chi connectivity index (χ3n) is 19.2. The van der Waals surface area contributed by atoms with Crippen molar-refractivity contribution in [1.82, 2.24) is 0 Å². The van der Waals surface area contributed by atoms with Gasteiger partial charge in [-0.25, -0.2) is 0 Å². The van der Waals surface area contributed by atoms with Crippen LogP contribution in [0.2, 0.25) is 0 Å². The molecule has 4 aliphatic heterocycles. The molecule has 4 saturated carbocycles. The Hall–Kier alpha value is -0.840. The Labute approximate surface area is 409 Å². The van der Waals surface area contributed by atoms with Gasteiger partial charge in [-0.3, -0.25) is 0 Å². The summed E-state index contributed by atoms with van der Waals surface area (Å²) >= 11 is 0. The van der Waals surface area contributed by atoms with Crippen molar-refractivity contribution in [3.05, 3.63) is 0 Å². The molecule has 8 fully saturated rings. The Morgan fingerprint density at radius 3 is 1.59 bits per heavy atom. The highest BCUT2D eigenvalue weighted by atomic mass is 16.7. The summed E-state index contributed by atoms with van der Waals surface area (Å²) in [6, 6.07) is 0. The minimum absolute atomic E-state index is 0.00164. The molecule has 0 aromatic heterocycles. The Bertz CT molecular complexity index is 1680. The van der Waals surface area contributed by atoms with Crippen molar-refractivity contribution in [2.24, 2.45) is 52.3 Å². The molecule has 30 atom stereocenters. The molecule has 8 rings (SSSR count). The van der Waals surface area contributed by atoms with E-state index in [0.717, 1.165) is 57.8 Å². The number of hydrogen-bond donors (Lipinski definition) is 14. The normalized spacial score (nSPS) is 54.5. The maximum atomic E-state index is 11.9. The third kappa shape index (κ3) is 9.80. The Morgan fingerprint density at radius 2 is 1.03 bits per heavy atom. The van der Waals surface area contributed by atoms with Crippen LogP contribution in [0.1, 0.15) is 98.3 Å². The molecule has 14 N–H and O–H groups in total. The van der Waals surface area contributed by atoms with E-state index in [-0.39, 0.29) is 40.9 Å². The van der Waals surface area contributed by atoms with Crippen LogP contribution in [0.4, 0.5) is 0 Å². The predicted molar refractivity (Wildman–Crippen MR) is 240 cm³/mol. The van der Waals surface area contributed by atoms with Gasteiger partial charge in [-0.1, -0.05) is 53.4 Å². The second kappa shape index (κ2) is 22.4. The van der Waals surface area contributed by atoms with Crippen molar-refractivity contribution >= 4 is 0 Å². The molecule has 0 spiro atoms. The van der Waals surface area contributed by atoms with Gasteiger partial charge in [0.25, 0.3) is 0 Å². The van der Waals surface area contributed by atoms with E-state index < -0.39 is 161 Å². The van der Waals surface area contributed by atoms with Gasteiger partial charge >= 0.3 is 0 Å². The Morgan fingerprint density at radius 1 is 0.529 bits per heavy atom. The Kier molecular flexibility index (Phi) is 17.7. The fourth-order valence-corrected chi connectivity index (χ4v) is 15.5. The zero-order valence-electron chi connectivity index (χ0n) is 40.9. The maximum absolute atomic E-state index is 11.9.